The Balaban J connectivity index is 1.56. The lowest BCUT2D eigenvalue weighted by Gasteiger charge is -2.26. The van der Waals surface area contributed by atoms with Gasteiger partial charge >= 0.3 is 0 Å². The number of carbonyl (C=O) groups excluding carboxylic acids is 2. The molecule has 0 atom stereocenters. The van der Waals surface area contributed by atoms with Gasteiger partial charge in [0.05, 0.1) is 24.7 Å². The number of amides is 2. The predicted octanol–water partition coefficient (Wildman–Crippen LogP) is 1.73. The summed E-state index contributed by atoms with van der Waals surface area (Å²) in [4.78, 5) is 24.3. The average Bonchev–Trinajstić information content (AvgIpc) is 2.74. The maximum Gasteiger partial charge on any atom is 0.251 e. The Bertz CT molecular complexity index is 972. The minimum Gasteiger partial charge on any atom is -0.379 e. The zero-order chi connectivity index (χ0) is 20.9. The number of nitrogens with zero attached hydrogens (tertiary/aromatic N) is 1. The van der Waals surface area contributed by atoms with E-state index in [0.717, 1.165) is 0 Å². The molecule has 10 heteroatoms. The summed E-state index contributed by atoms with van der Waals surface area (Å²) < 4.78 is 31.7. The summed E-state index contributed by atoms with van der Waals surface area (Å²) in [6.45, 7) is 1.09. The summed E-state index contributed by atoms with van der Waals surface area (Å²) in [7, 11) is -3.62. The van der Waals surface area contributed by atoms with Crippen molar-refractivity contribution >= 4 is 39.1 Å². The molecule has 1 heterocycles. The third-order valence-corrected chi connectivity index (χ3v) is 6.43. The molecule has 1 aliphatic rings. The van der Waals surface area contributed by atoms with Gasteiger partial charge in [-0.25, -0.2) is 8.42 Å². The van der Waals surface area contributed by atoms with Gasteiger partial charge in [-0.2, -0.15) is 4.31 Å². The first-order valence-corrected chi connectivity index (χ1v) is 10.7. The molecule has 0 aromatic heterocycles. The molecule has 0 spiro atoms. The van der Waals surface area contributed by atoms with Crippen LogP contribution in [0.15, 0.2) is 53.4 Å². The number of halogens is 1. The Morgan fingerprint density at radius 2 is 1.62 bits per heavy atom. The average molecular weight is 438 g/mol. The van der Waals surface area contributed by atoms with Crippen molar-refractivity contribution in [2.75, 3.05) is 38.2 Å². The van der Waals surface area contributed by atoms with Crippen LogP contribution >= 0.6 is 11.6 Å². The molecule has 0 bridgehead atoms. The van der Waals surface area contributed by atoms with Crippen LogP contribution in [0.5, 0.6) is 0 Å². The minimum absolute atomic E-state index is 0.108. The summed E-state index contributed by atoms with van der Waals surface area (Å²) in [5.41, 5.74) is 0.816. The maximum atomic E-state index is 12.6. The van der Waals surface area contributed by atoms with Gasteiger partial charge in [-0.1, -0.05) is 11.6 Å². The zero-order valence-corrected chi connectivity index (χ0v) is 17.0. The quantitative estimate of drug-likeness (QED) is 0.716. The van der Waals surface area contributed by atoms with Crippen LogP contribution in [0.4, 0.5) is 5.69 Å². The second kappa shape index (κ2) is 9.36. The number of rotatable bonds is 6. The SMILES string of the molecule is O=C(CNC(=O)c1ccc(S(=O)(=O)N2CCOCC2)cc1)Nc1ccc(Cl)cc1. The molecule has 29 heavy (non-hydrogen) atoms. The van der Waals surface area contributed by atoms with Crippen molar-refractivity contribution in [2.45, 2.75) is 4.90 Å². The number of morpholine rings is 1. The summed E-state index contributed by atoms with van der Waals surface area (Å²) in [6, 6.07) is 12.2. The van der Waals surface area contributed by atoms with Gasteiger partial charge in [-0.15, -0.1) is 0 Å². The molecule has 0 saturated carbocycles. The van der Waals surface area contributed by atoms with Crippen LogP contribution in [0.1, 0.15) is 10.4 Å². The summed E-state index contributed by atoms with van der Waals surface area (Å²) in [5.74, 6) is -0.876. The van der Waals surface area contributed by atoms with E-state index in [1.807, 2.05) is 0 Å². The van der Waals surface area contributed by atoms with Gasteiger partial charge in [0.1, 0.15) is 0 Å². The largest absolute Gasteiger partial charge is 0.379 e. The highest BCUT2D eigenvalue weighted by Crippen LogP contribution is 2.18. The number of sulfonamides is 1. The van der Waals surface area contributed by atoms with Crippen molar-refractivity contribution in [3.63, 3.8) is 0 Å². The van der Waals surface area contributed by atoms with Crippen molar-refractivity contribution in [1.29, 1.82) is 0 Å². The predicted molar refractivity (Wildman–Crippen MR) is 108 cm³/mol. The number of nitrogens with one attached hydrogen (secondary N) is 2. The fourth-order valence-electron chi connectivity index (χ4n) is 2.72. The Morgan fingerprint density at radius 1 is 1.00 bits per heavy atom. The Kier molecular flexibility index (Phi) is 6.86. The second-order valence-electron chi connectivity index (χ2n) is 6.28. The topological polar surface area (TPSA) is 105 Å². The Morgan fingerprint density at radius 3 is 2.24 bits per heavy atom. The number of anilines is 1. The molecular weight excluding hydrogens is 418 g/mol. The monoisotopic (exact) mass is 437 g/mol. The molecule has 154 valence electrons. The first kappa shape index (κ1) is 21.3. The van der Waals surface area contributed by atoms with Gasteiger partial charge in [0, 0.05) is 29.4 Å². The molecule has 0 aliphatic carbocycles. The van der Waals surface area contributed by atoms with Crippen LogP contribution in [0.2, 0.25) is 5.02 Å². The zero-order valence-electron chi connectivity index (χ0n) is 15.4. The van der Waals surface area contributed by atoms with E-state index in [2.05, 4.69) is 10.6 Å². The third-order valence-electron chi connectivity index (χ3n) is 4.26. The highest BCUT2D eigenvalue weighted by molar-refractivity contribution is 7.89. The lowest BCUT2D eigenvalue weighted by atomic mass is 10.2. The fraction of sp³-hybridized carbons (Fsp3) is 0.263. The Labute approximate surface area is 173 Å². The number of hydrogen-bond donors (Lipinski definition) is 2. The van der Waals surface area contributed by atoms with Gasteiger partial charge in [0.2, 0.25) is 15.9 Å². The van der Waals surface area contributed by atoms with E-state index in [4.69, 9.17) is 16.3 Å². The first-order valence-electron chi connectivity index (χ1n) is 8.88. The second-order valence-corrected chi connectivity index (χ2v) is 8.65. The molecule has 3 rings (SSSR count). The van der Waals surface area contributed by atoms with Crippen LogP contribution in [-0.4, -0.2) is 57.4 Å². The van der Waals surface area contributed by atoms with E-state index in [9.17, 15) is 18.0 Å². The first-order chi connectivity index (χ1) is 13.9. The molecule has 0 unspecified atom stereocenters. The van der Waals surface area contributed by atoms with E-state index in [1.165, 1.54) is 28.6 Å². The lowest BCUT2D eigenvalue weighted by molar-refractivity contribution is -0.115. The van der Waals surface area contributed by atoms with E-state index < -0.39 is 21.8 Å². The van der Waals surface area contributed by atoms with Crippen molar-refractivity contribution < 1.29 is 22.7 Å². The molecular formula is C19H20ClN3O5S. The molecule has 8 nitrogen and oxygen atoms in total. The summed E-state index contributed by atoms with van der Waals surface area (Å²) in [5, 5.41) is 5.68. The molecule has 1 saturated heterocycles. The smallest absolute Gasteiger partial charge is 0.251 e. The van der Waals surface area contributed by atoms with E-state index in [0.29, 0.717) is 37.0 Å². The molecule has 1 fully saturated rings. The number of carbonyl (C=O) groups is 2. The van der Waals surface area contributed by atoms with E-state index in [-0.39, 0.29) is 17.0 Å². The molecule has 2 aromatic carbocycles. The highest BCUT2D eigenvalue weighted by atomic mass is 35.5. The maximum absolute atomic E-state index is 12.6. The van der Waals surface area contributed by atoms with Crippen molar-refractivity contribution in [1.82, 2.24) is 9.62 Å². The number of ether oxygens (including phenoxy) is 1. The van der Waals surface area contributed by atoms with Crippen LogP contribution in [-0.2, 0) is 19.6 Å². The third kappa shape index (κ3) is 5.54. The molecule has 2 N–H and O–H groups in total. The molecule has 2 amide bonds. The minimum atomic E-state index is -3.62. The summed E-state index contributed by atoms with van der Waals surface area (Å²) in [6.07, 6.45) is 0. The highest BCUT2D eigenvalue weighted by Gasteiger charge is 2.26. The molecule has 1 aliphatic heterocycles. The van der Waals surface area contributed by atoms with Crippen LogP contribution in [0.25, 0.3) is 0 Å². The Hall–Kier alpha value is -2.46. The van der Waals surface area contributed by atoms with E-state index in [1.54, 1.807) is 24.3 Å². The van der Waals surface area contributed by atoms with Crippen LogP contribution in [0.3, 0.4) is 0 Å². The normalized spacial score (nSPS) is 14.9. The van der Waals surface area contributed by atoms with Crippen LogP contribution < -0.4 is 10.6 Å². The molecule has 0 radical (unpaired) electrons. The van der Waals surface area contributed by atoms with Gasteiger partial charge in [0.25, 0.3) is 5.91 Å². The van der Waals surface area contributed by atoms with Gasteiger partial charge in [0.15, 0.2) is 0 Å². The van der Waals surface area contributed by atoms with Gasteiger partial charge in [-0.05, 0) is 48.5 Å². The van der Waals surface area contributed by atoms with Crippen molar-refractivity contribution in [3.8, 4) is 0 Å². The number of benzene rings is 2. The fourth-order valence-corrected chi connectivity index (χ4v) is 4.25. The summed E-state index contributed by atoms with van der Waals surface area (Å²) >= 11 is 5.79. The number of hydrogen-bond acceptors (Lipinski definition) is 5. The van der Waals surface area contributed by atoms with Gasteiger partial charge < -0.3 is 15.4 Å². The van der Waals surface area contributed by atoms with Crippen molar-refractivity contribution in [3.05, 3.63) is 59.1 Å². The van der Waals surface area contributed by atoms with Crippen LogP contribution in [0, 0.1) is 0 Å². The van der Waals surface area contributed by atoms with Crippen molar-refractivity contribution in [2.24, 2.45) is 0 Å². The standard InChI is InChI=1S/C19H20ClN3O5S/c20-15-3-5-16(6-4-15)22-18(24)13-21-19(25)14-1-7-17(8-2-14)29(26,27)23-9-11-28-12-10-23/h1-8H,9-13H2,(H,21,25)(H,22,24). The van der Waals surface area contributed by atoms with Gasteiger partial charge in [-0.3, -0.25) is 9.59 Å². The van der Waals surface area contributed by atoms with E-state index >= 15 is 0 Å². The lowest BCUT2D eigenvalue weighted by Crippen LogP contribution is -2.40. The molecule has 2 aromatic rings.